The number of carbonyl (C=O) groups excluding carboxylic acids is 2. The Morgan fingerprint density at radius 1 is 1.25 bits per heavy atom. The number of nitrogens with zero attached hydrogens (tertiary/aromatic N) is 1. The molecule has 1 aliphatic heterocycles. The number of hydrogen-bond acceptors (Lipinski definition) is 5. The third-order valence-electron chi connectivity index (χ3n) is 2.31. The molecule has 1 heterocycles. The van der Waals surface area contributed by atoms with Crippen molar-refractivity contribution in [3.63, 3.8) is 0 Å². The van der Waals surface area contributed by atoms with Gasteiger partial charge in [-0.1, -0.05) is 6.08 Å². The van der Waals surface area contributed by atoms with Crippen LogP contribution in [0.5, 0.6) is 0 Å². The molecule has 0 aromatic carbocycles. The molecule has 1 aliphatic rings. The molecule has 0 spiro atoms. The van der Waals surface area contributed by atoms with Crippen LogP contribution in [0.3, 0.4) is 0 Å². The zero-order chi connectivity index (χ0) is 12.1. The van der Waals surface area contributed by atoms with Crippen LogP contribution >= 0.6 is 0 Å². The summed E-state index contributed by atoms with van der Waals surface area (Å²) < 4.78 is 10.2. The van der Waals surface area contributed by atoms with Gasteiger partial charge in [-0.05, 0) is 0 Å². The van der Waals surface area contributed by atoms with Gasteiger partial charge in [0, 0.05) is 33.5 Å². The average Bonchev–Trinajstić information content (AvgIpc) is 2.46. The van der Waals surface area contributed by atoms with Crippen LogP contribution in [0.25, 0.3) is 0 Å². The molecule has 0 N–H and O–H groups in total. The highest BCUT2D eigenvalue weighted by atomic mass is 16.6. The molecule has 0 amide bonds. The molecule has 1 fully saturated rings. The molecule has 5 heteroatoms. The van der Waals surface area contributed by atoms with Gasteiger partial charge in [0.25, 0.3) is 0 Å². The zero-order valence-electron chi connectivity index (χ0n) is 9.64. The average molecular weight is 227 g/mol. The number of rotatable bonds is 4. The number of esters is 2. The van der Waals surface area contributed by atoms with E-state index in [1.54, 1.807) is 6.08 Å². The smallest absolute Gasteiger partial charge is 0.303 e. The monoisotopic (exact) mass is 227 g/mol. The quantitative estimate of drug-likeness (QED) is 0.512. The van der Waals surface area contributed by atoms with Gasteiger partial charge in [-0.2, -0.15) is 0 Å². The normalized spacial score (nSPS) is 25.1. The summed E-state index contributed by atoms with van der Waals surface area (Å²) in [6, 6.07) is 0. The summed E-state index contributed by atoms with van der Waals surface area (Å²) >= 11 is 0. The van der Waals surface area contributed by atoms with Gasteiger partial charge in [-0.25, -0.2) is 0 Å². The summed E-state index contributed by atoms with van der Waals surface area (Å²) in [5.41, 5.74) is 0. The third-order valence-corrected chi connectivity index (χ3v) is 2.31. The Balaban J connectivity index is 2.58. The first-order chi connectivity index (χ1) is 7.52. The lowest BCUT2D eigenvalue weighted by atomic mass is 10.2. The molecule has 16 heavy (non-hydrogen) atoms. The van der Waals surface area contributed by atoms with Gasteiger partial charge in [0.05, 0.1) is 0 Å². The van der Waals surface area contributed by atoms with Gasteiger partial charge in [0.15, 0.2) is 12.2 Å². The fraction of sp³-hybridized carbons (Fsp3) is 0.636. The van der Waals surface area contributed by atoms with Crippen molar-refractivity contribution >= 4 is 11.9 Å². The molecular weight excluding hydrogens is 210 g/mol. The number of carbonyl (C=O) groups is 2. The predicted molar refractivity (Wildman–Crippen MR) is 57.7 cm³/mol. The first kappa shape index (κ1) is 12.7. The molecule has 5 nitrogen and oxygen atoms in total. The number of hydrogen-bond donors (Lipinski definition) is 0. The lowest BCUT2D eigenvalue weighted by Gasteiger charge is -2.17. The Labute approximate surface area is 95.0 Å². The summed E-state index contributed by atoms with van der Waals surface area (Å²) in [4.78, 5) is 23.8. The summed E-state index contributed by atoms with van der Waals surface area (Å²) in [7, 11) is 0. The minimum absolute atomic E-state index is 0.359. The van der Waals surface area contributed by atoms with Crippen molar-refractivity contribution in [2.75, 3.05) is 19.6 Å². The molecule has 0 bridgehead atoms. The SMILES string of the molecule is C=CCN1C[C@@H](OC(C)=O)[C@H](OC(C)=O)C1. The Morgan fingerprint density at radius 2 is 1.69 bits per heavy atom. The molecule has 0 saturated carbocycles. The molecule has 0 radical (unpaired) electrons. The van der Waals surface area contributed by atoms with Crippen LogP contribution in [0.4, 0.5) is 0 Å². The van der Waals surface area contributed by atoms with Crippen molar-refractivity contribution in [2.24, 2.45) is 0 Å². The summed E-state index contributed by atoms with van der Waals surface area (Å²) in [5.74, 6) is -0.717. The van der Waals surface area contributed by atoms with E-state index >= 15 is 0 Å². The lowest BCUT2D eigenvalue weighted by Crippen LogP contribution is -2.32. The van der Waals surface area contributed by atoms with Crippen molar-refractivity contribution < 1.29 is 19.1 Å². The highest BCUT2D eigenvalue weighted by Gasteiger charge is 2.36. The molecule has 0 aliphatic carbocycles. The molecule has 1 rings (SSSR count). The molecule has 0 aromatic rings. The van der Waals surface area contributed by atoms with Crippen LogP contribution in [0.2, 0.25) is 0 Å². The molecule has 2 atom stereocenters. The fourth-order valence-electron chi connectivity index (χ4n) is 1.80. The van der Waals surface area contributed by atoms with Crippen molar-refractivity contribution in [2.45, 2.75) is 26.1 Å². The maximum Gasteiger partial charge on any atom is 0.303 e. The third kappa shape index (κ3) is 3.66. The zero-order valence-corrected chi connectivity index (χ0v) is 9.64. The highest BCUT2D eigenvalue weighted by molar-refractivity contribution is 5.67. The van der Waals surface area contributed by atoms with Crippen LogP contribution < -0.4 is 0 Å². The highest BCUT2D eigenvalue weighted by Crippen LogP contribution is 2.17. The van der Waals surface area contributed by atoms with E-state index in [1.165, 1.54) is 13.8 Å². The van der Waals surface area contributed by atoms with Gasteiger partial charge in [0.1, 0.15) is 0 Å². The first-order valence-electron chi connectivity index (χ1n) is 5.20. The van der Waals surface area contributed by atoms with Crippen LogP contribution in [0, 0.1) is 0 Å². The van der Waals surface area contributed by atoms with Crippen molar-refractivity contribution in [1.82, 2.24) is 4.90 Å². The standard InChI is InChI=1S/C11H17NO4/c1-4-5-12-6-10(15-8(2)13)11(7-12)16-9(3)14/h4,10-11H,1,5-7H2,2-3H3/t10-,11-/m1/s1. The van der Waals surface area contributed by atoms with Gasteiger partial charge in [-0.15, -0.1) is 6.58 Å². The Kier molecular flexibility index (Phi) is 4.49. The second-order valence-electron chi connectivity index (χ2n) is 3.80. The van der Waals surface area contributed by atoms with E-state index in [0.29, 0.717) is 19.6 Å². The minimum Gasteiger partial charge on any atom is -0.457 e. The minimum atomic E-state index is -0.374. The van der Waals surface area contributed by atoms with Gasteiger partial charge in [0.2, 0.25) is 0 Å². The first-order valence-corrected chi connectivity index (χ1v) is 5.20. The summed E-state index contributed by atoms with van der Waals surface area (Å²) in [6.45, 7) is 8.17. The van der Waals surface area contributed by atoms with E-state index in [9.17, 15) is 9.59 Å². The number of ether oxygens (including phenoxy) is 2. The topological polar surface area (TPSA) is 55.8 Å². The van der Waals surface area contributed by atoms with Gasteiger partial charge < -0.3 is 9.47 Å². The fourth-order valence-corrected chi connectivity index (χ4v) is 1.80. The van der Waals surface area contributed by atoms with E-state index < -0.39 is 0 Å². The maximum atomic E-state index is 10.9. The van der Waals surface area contributed by atoms with E-state index in [-0.39, 0.29) is 24.1 Å². The molecule has 0 unspecified atom stereocenters. The van der Waals surface area contributed by atoms with Crippen LogP contribution in [0.15, 0.2) is 12.7 Å². The Bertz CT molecular complexity index is 266. The molecule has 0 aromatic heterocycles. The van der Waals surface area contributed by atoms with E-state index in [1.807, 2.05) is 4.90 Å². The van der Waals surface area contributed by atoms with E-state index in [4.69, 9.17) is 9.47 Å². The lowest BCUT2D eigenvalue weighted by molar-refractivity contribution is -0.160. The van der Waals surface area contributed by atoms with Gasteiger partial charge in [-0.3, -0.25) is 14.5 Å². The second kappa shape index (κ2) is 5.65. The molecule has 90 valence electrons. The van der Waals surface area contributed by atoms with Crippen LogP contribution in [-0.4, -0.2) is 48.7 Å². The Morgan fingerprint density at radius 3 is 2.00 bits per heavy atom. The van der Waals surface area contributed by atoms with Crippen LogP contribution in [0.1, 0.15) is 13.8 Å². The molecular formula is C11H17NO4. The Hall–Kier alpha value is -1.36. The van der Waals surface area contributed by atoms with Crippen LogP contribution in [-0.2, 0) is 19.1 Å². The molecule has 1 saturated heterocycles. The predicted octanol–water partition coefficient (Wildman–Crippen LogP) is 0.351. The van der Waals surface area contributed by atoms with E-state index in [0.717, 1.165) is 0 Å². The van der Waals surface area contributed by atoms with E-state index in [2.05, 4.69) is 6.58 Å². The second-order valence-corrected chi connectivity index (χ2v) is 3.80. The van der Waals surface area contributed by atoms with Crippen molar-refractivity contribution in [3.05, 3.63) is 12.7 Å². The largest absolute Gasteiger partial charge is 0.457 e. The van der Waals surface area contributed by atoms with Gasteiger partial charge >= 0.3 is 11.9 Å². The summed E-state index contributed by atoms with van der Waals surface area (Å²) in [6.07, 6.45) is 1.02. The van der Waals surface area contributed by atoms with Crippen molar-refractivity contribution in [1.29, 1.82) is 0 Å². The maximum absolute atomic E-state index is 10.9. The number of likely N-dealkylation sites (tertiary alicyclic amines) is 1. The summed E-state index contributed by atoms with van der Waals surface area (Å²) in [5, 5.41) is 0. The van der Waals surface area contributed by atoms with Crippen molar-refractivity contribution in [3.8, 4) is 0 Å².